The number of pyridine rings is 1. The second-order valence-corrected chi connectivity index (χ2v) is 5.77. The van der Waals surface area contributed by atoms with Gasteiger partial charge in [0.15, 0.2) is 0 Å². The maximum absolute atomic E-state index is 12.6. The molecule has 20 heavy (non-hydrogen) atoms. The van der Waals surface area contributed by atoms with Crippen molar-refractivity contribution < 1.29 is 4.79 Å². The van der Waals surface area contributed by atoms with Gasteiger partial charge in [0.05, 0.1) is 0 Å². The SMILES string of the molecule is C[C@@H]1CNCCN1C(=O)c1cc2c([nH]c1=O)CCCC2. The molecule has 1 amide bonds. The van der Waals surface area contributed by atoms with Crippen LogP contribution in [-0.4, -0.2) is 41.5 Å². The van der Waals surface area contributed by atoms with Gasteiger partial charge in [-0.1, -0.05) is 0 Å². The standard InChI is InChI=1S/C15H21N3O2/c1-10-9-16-6-7-18(10)15(20)12-8-11-4-2-3-5-13(11)17-14(12)19/h8,10,16H,2-7,9H2,1H3,(H,17,19)/t10-/m1/s1. The number of carbonyl (C=O) groups excluding carboxylic acids is 1. The van der Waals surface area contributed by atoms with E-state index in [1.807, 2.05) is 13.0 Å². The monoisotopic (exact) mass is 275 g/mol. The van der Waals surface area contributed by atoms with E-state index >= 15 is 0 Å². The third-order valence-electron chi connectivity index (χ3n) is 4.33. The number of hydrogen-bond acceptors (Lipinski definition) is 3. The van der Waals surface area contributed by atoms with Crippen LogP contribution in [0, 0.1) is 0 Å². The zero-order valence-electron chi connectivity index (χ0n) is 11.9. The predicted octanol–water partition coefficient (Wildman–Crippen LogP) is 0.688. The molecule has 0 spiro atoms. The van der Waals surface area contributed by atoms with E-state index in [-0.39, 0.29) is 17.5 Å². The Balaban J connectivity index is 1.93. The van der Waals surface area contributed by atoms with Crippen LogP contribution in [0.5, 0.6) is 0 Å². The molecule has 0 unspecified atom stereocenters. The number of hydrogen-bond donors (Lipinski definition) is 2. The number of piperazine rings is 1. The van der Waals surface area contributed by atoms with Crippen molar-refractivity contribution >= 4 is 5.91 Å². The van der Waals surface area contributed by atoms with Crippen LogP contribution in [0.3, 0.4) is 0 Å². The molecular weight excluding hydrogens is 254 g/mol. The smallest absolute Gasteiger partial charge is 0.261 e. The van der Waals surface area contributed by atoms with Crippen LogP contribution >= 0.6 is 0 Å². The van der Waals surface area contributed by atoms with Crippen LogP contribution in [0.2, 0.25) is 0 Å². The van der Waals surface area contributed by atoms with Crippen LogP contribution in [0.15, 0.2) is 10.9 Å². The van der Waals surface area contributed by atoms with Crippen molar-refractivity contribution in [3.05, 3.63) is 33.2 Å². The van der Waals surface area contributed by atoms with E-state index < -0.39 is 0 Å². The van der Waals surface area contributed by atoms with E-state index in [0.29, 0.717) is 12.1 Å². The second kappa shape index (κ2) is 5.40. The Labute approximate surface area is 118 Å². The lowest BCUT2D eigenvalue weighted by Gasteiger charge is -2.34. The van der Waals surface area contributed by atoms with Gasteiger partial charge in [0.25, 0.3) is 11.5 Å². The van der Waals surface area contributed by atoms with Gasteiger partial charge in [-0.25, -0.2) is 0 Å². The van der Waals surface area contributed by atoms with Crippen LogP contribution in [0.25, 0.3) is 0 Å². The van der Waals surface area contributed by atoms with E-state index in [9.17, 15) is 9.59 Å². The summed E-state index contributed by atoms with van der Waals surface area (Å²) in [5.74, 6) is -0.131. The van der Waals surface area contributed by atoms with Gasteiger partial charge in [-0.2, -0.15) is 0 Å². The van der Waals surface area contributed by atoms with Gasteiger partial charge in [-0.05, 0) is 44.2 Å². The van der Waals surface area contributed by atoms with Gasteiger partial charge in [0.2, 0.25) is 0 Å². The maximum Gasteiger partial charge on any atom is 0.261 e. The molecule has 2 N–H and O–H groups in total. The number of aromatic nitrogens is 1. The van der Waals surface area contributed by atoms with Crippen molar-refractivity contribution in [2.75, 3.05) is 19.6 Å². The number of H-pyrrole nitrogens is 1. The molecular formula is C15H21N3O2. The number of rotatable bonds is 1. The first-order valence-corrected chi connectivity index (χ1v) is 7.43. The van der Waals surface area contributed by atoms with Crippen molar-refractivity contribution in [3.8, 4) is 0 Å². The molecule has 5 nitrogen and oxygen atoms in total. The van der Waals surface area contributed by atoms with E-state index in [2.05, 4.69) is 10.3 Å². The topological polar surface area (TPSA) is 65.2 Å². The maximum atomic E-state index is 12.6. The van der Waals surface area contributed by atoms with Gasteiger partial charge < -0.3 is 15.2 Å². The molecule has 108 valence electrons. The minimum absolute atomic E-state index is 0.131. The van der Waals surface area contributed by atoms with E-state index in [0.717, 1.165) is 50.0 Å². The fourth-order valence-electron chi connectivity index (χ4n) is 3.13. The molecule has 0 aromatic carbocycles. The van der Waals surface area contributed by atoms with Crippen molar-refractivity contribution in [1.29, 1.82) is 0 Å². The summed E-state index contributed by atoms with van der Waals surface area (Å²) >= 11 is 0. The molecule has 1 aliphatic carbocycles. The number of nitrogens with zero attached hydrogens (tertiary/aromatic N) is 1. The minimum atomic E-state index is -0.235. The van der Waals surface area contributed by atoms with Crippen LogP contribution < -0.4 is 10.9 Å². The van der Waals surface area contributed by atoms with Crippen molar-refractivity contribution in [2.45, 2.75) is 38.6 Å². The van der Waals surface area contributed by atoms with Crippen LogP contribution in [0.1, 0.15) is 41.4 Å². The Morgan fingerprint density at radius 1 is 1.35 bits per heavy atom. The molecule has 1 aromatic rings. The summed E-state index contributed by atoms with van der Waals surface area (Å²) in [5, 5.41) is 3.26. The number of amides is 1. The van der Waals surface area contributed by atoms with Crippen molar-refractivity contribution in [1.82, 2.24) is 15.2 Å². The summed E-state index contributed by atoms with van der Waals surface area (Å²) in [6.45, 7) is 4.25. The predicted molar refractivity (Wildman–Crippen MR) is 77.1 cm³/mol. The minimum Gasteiger partial charge on any atom is -0.333 e. The van der Waals surface area contributed by atoms with Gasteiger partial charge >= 0.3 is 0 Å². The Bertz CT molecular complexity index is 579. The summed E-state index contributed by atoms with van der Waals surface area (Å²) in [4.78, 5) is 29.5. The third kappa shape index (κ3) is 2.38. The quantitative estimate of drug-likeness (QED) is 0.792. The Morgan fingerprint density at radius 3 is 2.95 bits per heavy atom. The largest absolute Gasteiger partial charge is 0.333 e. The van der Waals surface area contributed by atoms with Crippen molar-refractivity contribution in [3.63, 3.8) is 0 Å². The van der Waals surface area contributed by atoms with Gasteiger partial charge in [-0.15, -0.1) is 0 Å². The van der Waals surface area contributed by atoms with Gasteiger partial charge in [0, 0.05) is 31.4 Å². The molecule has 1 fully saturated rings. The highest BCUT2D eigenvalue weighted by molar-refractivity contribution is 5.94. The lowest BCUT2D eigenvalue weighted by atomic mass is 9.94. The lowest BCUT2D eigenvalue weighted by Crippen LogP contribution is -2.53. The molecule has 1 atom stereocenters. The molecule has 0 saturated carbocycles. The fourth-order valence-corrected chi connectivity index (χ4v) is 3.13. The molecule has 1 saturated heterocycles. The average molecular weight is 275 g/mol. The summed E-state index contributed by atoms with van der Waals surface area (Å²) in [5.41, 5.74) is 2.23. The van der Waals surface area contributed by atoms with Gasteiger partial charge in [0.1, 0.15) is 5.56 Å². The summed E-state index contributed by atoms with van der Waals surface area (Å²) in [7, 11) is 0. The van der Waals surface area contributed by atoms with Crippen LogP contribution in [-0.2, 0) is 12.8 Å². The van der Waals surface area contributed by atoms with E-state index in [1.165, 1.54) is 0 Å². The van der Waals surface area contributed by atoms with E-state index in [4.69, 9.17) is 0 Å². The molecule has 0 radical (unpaired) electrons. The highest BCUT2D eigenvalue weighted by Gasteiger charge is 2.26. The molecule has 1 aromatic heterocycles. The fraction of sp³-hybridized carbons (Fsp3) is 0.600. The average Bonchev–Trinajstić information content (AvgIpc) is 2.46. The number of aryl methyl sites for hydroxylation is 2. The third-order valence-corrected chi connectivity index (χ3v) is 4.33. The van der Waals surface area contributed by atoms with Crippen LogP contribution in [0.4, 0.5) is 0 Å². The number of carbonyl (C=O) groups is 1. The molecule has 2 aliphatic rings. The molecule has 0 bridgehead atoms. The first kappa shape index (κ1) is 13.4. The lowest BCUT2D eigenvalue weighted by molar-refractivity contribution is 0.0653. The van der Waals surface area contributed by atoms with E-state index in [1.54, 1.807) is 4.90 Å². The summed E-state index contributed by atoms with van der Waals surface area (Å²) in [6, 6.07) is 1.96. The number of fused-ring (bicyclic) bond motifs is 1. The Kier molecular flexibility index (Phi) is 3.61. The first-order chi connectivity index (χ1) is 9.66. The van der Waals surface area contributed by atoms with Gasteiger partial charge in [-0.3, -0.25) is 9.59 Å². The first-order valence-electron chi connectivity index (χ1n) is 7.43. The molecule has 2 heterocycles. The highest BCUT2D eigenvalue weighted by atomic mass is 16.2. The van der Waals surface area contributed by atoms with Crippen molar-refractivity contribution in [2.24, 2.45) is 0 Å². The number of aromatic amines is 1. The Morgan fingerprint density at radius 2 is 2.15 bits per heavy atom. The second-order valence-electron chi connectivity index (χ2n) is 5.77. The normalized spacial score (nSPS) is 22.4. The summed E-state index contributed by atoms with van der Waals surface area (Å²) < 4.78 is 0. The highest BCUT2D eigenvalue weighted by Crippen LogP contribution is 2.19. The zero-order valence-corrected chi connectivity index (χ0v) is 11.9. The molecule has 5 heteroatoms. The summed E-state index contributed by atoms with van der Waals surface area (Å²) in [6.07, 6.45) is 4.13. The Hall–Kier alpha value is -1.62. The molecule has 1 aliphatic heterocycles. The number of nitrogens with one attached hydrogen (secondary N) is 2. The molecule has 3 rings (SSSR count). The zero-order chi connectivity index (χ0) is 14.1.